The van der Waals surface area contributed by atoms with Crippen LogP contribution in [0.1, 0.15) is 39.0 Å². The SMILES string of the molecule is CCN(CC(=O)N1CC[C@@H](Oc2cccnc2N2CCCC2)C1)C1CC1. The lowest BCUT2D eigenvalue weighted by molar-refractivity contribution is -0.131. The number of anilines is 1. The van der Waals surface area contributed by atoms with Crippen LogP contribution in [-0.2, 0) is 4.79 Å². The number of hydrogen-bond donors (Lipinski definition) is 0. The standard InChI is InChI=1S/C20H30N4O2/c1-2-22(16-7-8-16)15-19(25)24-13-9-17(14-24)26-18-6-5-10-21-20(18)23-11-3-4-12-23/h5-6,10,16-17H,2-4,7-9,11-15H2,1H3/t17-/m1/s1. The van der Waals surface area contributed by atoms with Crippen molar-refractivity contribution in [1.29, 1.82) is 0 Å². The summed E-state index contributed by atoms with van der Waals surface area (Å²) in [6.45, 7) is 7.25. The van der Waals surface area contributed by atoms with Crippen molar-refractivity contribution in [3.05, 3.63) is 18.3 Å². The van der Waals surface area contributed by atoms with Gasteiger partial charge in [-0.15, -0.1) is 0 Å². The molecule has 26 heavy (non-hydrogen) atoms. The molecule has 0 unspecified atom stereocenters. The van der Waals surface area contributed by atoms with Gasteiger partial charge in [-0.05, 0) is 44.4 Å². The van der Waals surface area contributed by atoms with E-state index in [2.05, 4.69) is 21.7 Å². The molecule has 1 aliphatic carbocycles. The monoisotopic (exact) mass is 358 g/mol. The fourth-order valence-corrected chi connectivity index (χ4v) is 4.08. The van der Waals surface area contributed by atoms with E-state index in [-0.39, 0.29) is 12.0 Å². The second-order valence-electron chi connectivity index (χ2n) is 7.68. The molecule has 1 aromatic heterocycles. The first-order valence-corrected chi connectivity index (χ1v) is 10.1. The third kappa shape index (κ3) is 3.95. The average Bonchev–Trinajstić information content (AvgIpc) is 3.16. The van der Waals surface area contributed by atoms with Gasteiger partial charge in [0.05, 0.1) is 13.1 Å². The number of nitrogens with zero attached hydrogens (tertiary/aromatic N) is 4. The Bertz CT molecular complexity index is 628. The molecule has 0 spiro atoms. The van der Waals surface area contributed by atoms with E-state index in [4.69, 9.17) is 4.74 Å². The van der Waals surface area contributed by atoms with Crippen molar-refractivity contribution in [2.45, 2.75) is 51.2 Å². The molecule has 0 radical (unpaired) electrons. The number of likely N-dealkylation sites (N-methyl/N-ethyl adjacent to an activating group) is 1. The fraction of sp³-hybridized carbons (Fsp3) is 0.700. The maximum absolute atomic E-state index is 12.6. The molecule has 1 aromatic rings. The van der Waals surface area contributed by atoms with E-state index in [1.54, 1.807) is 0 Å². The normalized spacial score (nSPS) is 23.1. The van der Waals surface area contributed by atoms with Gasteiger partial charge in [0, 0.05) is 38.3 Å². The first-order chi connectivity index (χ1) is 12.7. The number of likely N-dealkylation sites (tertiary alicyclic amines) is 1. The number of aromatic nitrogens is 1. The molecule has 6 heteroatoms. The van der Waals surface area contributed by atoms with Crippen LogP contribution in [0.2, 0.25) is 0 Å². The second kappa shape index (κ2) is 7.82. The highest BCUT2D eigenvalue weighted by Crippen LogP contribution is 2.30. The molecule has 1 atom stereocenters. The Balaban J connectivity index is 1.34. The maximum atomic E-state index is 12.6. The van der Waals surface area contributed by atoms with Crippen LogP contribution < -0.4 is 9.64 Å². The lowest BCUT2D eigenvalue weighted by atomic mass is 10.3. The summed E-state index contributed by atoms with van der Waals surface area (Å²) in [5, 5.41) is 0. The van der Waals surface area contributed by atoms with Crippen LogP contribution in [0.25, 0.3) is 0 Å². The summed E-state index contributed by atoms with van der Waals surface area (Å²) in [4.78, 5) is 23.8. The van der Waals surface area contributed by atoms with E-state index in [1.165, 1.54) is 25.7 Å². The van der Waals surface area contributed by atoms with Crippen molar-refractivity contribution in [2.24, 2.45) is 0 Å². The first-order valence-electron chi connectivity index (χ1n) is 10.1. The summed E-state index contributed by atoms with van der Waals surface area (Å²) in [7, 11) is 0. The molecular formula is C20H30N4O2. The van der Waals surface area contributed by atoms with Crippen molar-refractivity contribution < 1.29 is 9.53 Å². The first kappa shape index (κ1) is 17.6. The highest BCUT2D eigenvalue weighted by molar-refractivity contribution is 5.78. The van der Waals surface area contributed by atoms with Crippen LogP contribution in [0.4, 0.5) is 5.82 Å². The van der Waals surface area contributed by atoms with Gasteiger partial charge in [-0.2, -0.15) is 0 Å². The molecule has 0 N–H and O–H groups in total. The zero-order valence-electron chi connectivity index (χ0n) is 15.8. The van der Waals surface area contributed by atoms with E-state index in [1.807, 2.05) is 23.2 Å². The van der Waals surface area contributed by atoms with E-state index in [0.717, 1.165) is 44.2 Å². The third-order valence-corrected chi connectivity index (χ3v) is 5.76. The molecule has 6 nitrogen and oxygen atoms in total. The Kier molecular flexibility index (Phi) is 5.29. The molecule has 1 amide bonds. The summed E-state index contributed by atoms with van der Waals surface area (Å²) in [5.74, 6) is 2.07. The van der Waals surface area contributed by atoms with Crippen LogP contribution in [0.5, 0.6) is 5.75 Å². The van der Waals surface area contributed by atoms with Gasteiger partial charge in [-0.3, -0.25) is 9.69 Å². The number of carbonyl (C=O) groups excluding carboxylic acids is 1. The Labute approximate surface area is 156 Å². The quantitative estimate of drug-likeness (QED) is 0.747. The molecule has 1 saturated carbocycles. The largest absolute Gasteiger partial charge is 0.485 e. The van der Waals surface area contributed by atoms with Gasteiger partial charge >= 0.3 is 0 Å². The number of carbonyl (C=O) groups is 1. The minimum Gasteiger partial charge on any atom is -0.485 e. The highest BCUT2D eigenvalue weighted by atomic mass is 16.5. The molecule has 2 aliphatic heterocycles. The average molecular weight is 358 g/mol. The third-order valence-electron chi connectivity index (χ3n) is 5.76. The van der Waals surface area contributed by atoms with E-state index in [0.29, 0.717) is 19.1 Å². The van der Waals surface area contributed by atoms with Crippen molar-refractivity contribution in [2.75, 3.05) is 44.2 Å². The number of hydrogen-bond acceptors (Lipinski definition) is 5. The predicted octanol–water partition coefficient (Wildman–Crippen LogP) is 2.15. The van der Waals surface area contributed by atoms with Crippen LogP contribution in [0.15, 0.2) is 18.3 Å². The Hall–Kier alpha value is -1.82. The number of amides is 1. The zero-order valence-corrected chi connectivity index (χ0v) is 15.8. The number of rotatable bonds is 7. The minimum atomic E-state index is 0.0699. The van der Waals surface area contributed by atoms with Crippen molar-refractivity contribution in [3.8, 4) is 5.75 Å². The zero-order chi connectivity index (χ0) is 17.9. The Morgan fingerprint density at radius 3 is 2.81 bits per heavy atom. The highest BCUT2D eigenvalue weighted by Gasteiger charge is 2.33. The summed E-state index contributed by atoms with van der Waals surface area (Å²) in [6, 6.07) is 4.58. The summed E-state index contributed by atoms with van der Waals surface area (Å²) in [6.07, 6.45) is 7.73. The lowest BCUT2D eigenvalue weighted by Gasteiger charge is -2.24. The molecule has 4 rings (SSSR count). The van der Waals surface area contributed by atoms with E-state index in [9.17, 15) is 4.79 Å². The topological polar surface area (TPSA) is 48.9 Å². The van der Waals surface area contributed by atoms with Gasteiger partial charge in [0.2, 0.25) is 5.91 Å². The smallest absolute Gasteiger partial charge is 0.236 e. The molecule has 3 fully saturated rings. The van der Waals surface area contributed by atoms with Gasteiger partial charge < -0.3 is 14.5 Å². The summed E-state index contributed by atoms with van der Waals surface area (Å²) >= 11 is 0. The van der Waals surface area contributed by atoms with Crippen LogP contribution in [0.3, 0.4) is 0 Å². The van der Waals surface area contributed by atoms with Crippen molar-refractivity contribution >= 4 is 11.7 Å². The molecule has 0 bridgehead atoms. The van der Waals surface area contributed by atoms with Crippen LogP contribution >= 0.6 is 0 Å². The summed E-state index contributed by atoms with van der Waals surface area (Å²) < 4.78 is 6.28. The van der Waals surface area contributed by atoms with Gasteiger partial charge in [0.15, 0.2) is 11.6 Å². The van der Waals surface area contributed by atoms with E-state index < -0.39 is 0 Å². The lowest BCUT2D eigenvalue weighted by Crippen LogP contribution is -2.40. The Morgan fingerprint density at radius 2 is 2.08 bits per heavy atom. The molecule has 142 valence electrons. The van der Waals surface area contributed by atoms with Crippen molar-refractivity contribution in [3.63, 3.8) is 0 Å². The minimum absolute atomic E-state index is 0.0699. The second-order valence-corrected chi connectivity index (χ2v) is 7.68. The van der Waals surface area contributed by atoms with Gasteiger partial charge in [-0.25, -0.2) is 4.98 Å². The van der Waals surface area contributed by atoms with Gasteiger partial charge in [0.1, 0.15) is 6.10 Å². The van der Waals surface area contributed by atoms with Gasteiger partial charge in [-0.1, -0.05) is 6.92 Å². The number of pyridine rings is 1. The summed E-state index contributed by atoms with van der Waals surface area (Å²) in [5.41, 5.74) is 0. The van der Waals surface area contributed by atoms with Crippen molar-refractivity contribution in [1.82, 2.24) is 14.8 Å². The predicted molar refractivity (Wildman–Crippen MR) is 102 cm³/mol. The molecular weight excluding hydrogens is 328 g/mol. The molecule has 2 saturated heterocycles. The fourth-order valence-electron chi connectivity index (χ4n) is 4.08. The molecule has 3 heterocycles. The van der Waals surface area contributed by atoms with E-state index >= 15 is 0 Å². The van der Waals surface area contributed by atoms with Crippen LogP contribution in [-0.4, -0.2) is 72.1 Å². The number of ether oxygens (including phenoxy) is 1. The molecule has 0 aromatic carbocycles. The Morgan fingerprint density at radius 1 is 1.27 bits per heavy atom. The molecule has 3 aliphatic rings. The maximum Gasteiger partial charge on any atom is 0.236 e. The van der Waals surface area contributed by atoms with Crippen LogP contribution in [0, 0.1) is 0 Å². The van der Waals surface area contributed by atoms with Gasteiger partial charge in [0.25, 0.3) is 0 Å².